The highest BCUT2D eigenvalue weighted by Crippen LogP contribution is 2.34. The van der Waals surface area contributed by atoms with E-state index in [2.05, 4.69) is 18.7 Å². The molecule has 7 heteroatoms. The van der Waals surface area contributed by atoms with Crippen LogP contribution in [0.3, 0.4) is 0 Å². The number of imide groups is 1. The fourth-order valence-electron chi connectivity index (χ4n) is 2.91. The van der Waals surface area contributed by atoms with Gasteiger partial charge in [-0.25, -0.2) is 0 Å². The molecule has 1 aromatic carbocycles. The number of thioether (sulfide) groups is 1. The zero-order valence-corrected chi connectivity index (χ0v) is 17.3. The Balaban J connectivity index is 2.17. The van der Waals surface area contributed by atoms with Gasteiger partial charge < -0.3 is 9.47 Å². The van der Waals surface area contributed by atoms with E-state index in [1.54, 1.807) is 19.3 Å². The van der Waals surface area contributed by atoms with Crippen molar-refractivity contribution in [3.63, 3.8) is 0 Å². The summed E-state index contributed by atoms with van der Waals surface area (Å²) in [6.07, 6.45) is 3.70. The fraction of sp³-hybridized carbons (Fsp3) is 0.500. The Labute approximate surface area is 165 Å². The van der Waals surface area contributed by atoms with Crippen molar-refractivity contribution in [2.75, 3.05) is 33.5 Å². The maximum atomic E-state index is 12.7. The lowest BCUT2D eigenvalue weighted by atomic mass is 10.2. The molecule has 1 heterocycles. The lowest BCUT2D eigenvalue weighted by Crippen LogP contribution is -2.41. The Hall–Kier alpha value is -1.99. The maximum absolute atomic E-state index is 12.7. The number of carbonyl (C=O) groups is 2. The van der Waals surface area contributed by atoms with E-state index in [0.717, 1.165) is 43.3 Å². The Kier molecular flexibility index (Phi) is 8.19. The number of rotatable bonds is 10. The van der Waals surface area contributed by atoms with Crippen LogP contribution >= 0.6 is 11.8 Å². The number of amides is 2. The highest BCUT2D eigenvalue weighted by atomic mass is 32.2. The minimum atomic E-state index is -0.241. The van der Waals surface area contributed by atoms with Crippen LogP contribution in [0.25, 0.3) is 6.08 Å². The molecular formula is C20H28N2O4S. The second-order valence-corrected chi connectivity index (χ2v) is 7.21. The molecule has 1 aromatic rings. The molecule has 27 heavy (non-hydrogen) atoms. The summed E-state index contributed by atoms with van der Waals surface area (Å²) >= 11 is 0.983. The van der Waals surface area contributed by atoms with Crippen LogP contribution in [0, 0.1) is 0 Å². The van der Waals surface area contributed by atoms with E-state index in [9.17, 15) is 9.59 Å². The van der Waals surface area contributed by atoms with Crippen LogP contribution in [0.2, 0.25) is 0 Å². The van der Waals surface area contributed by atoms with Crippen LogP contribution in [0.1, 0.15) is 39.2 Å². The fourth-order valence-corrected chi connectivity index (χ4v) is 3.74. The van der Waals surface area contributed by atoms with Crippen LogP contribution in [0.4, 0.5) is 4.79 Å². The first-order chi connectivity index (χ1) is 13.0. The monoisotopic (exact) mass is 392 g/mol. The minimum absolute atomic E-state index is 0.221. The van der Waals surface area contributed by atoms with Gasteiger partial charge >= 0.3 is 0 Å². The number of hydrogen-bond donors (Lipinski definition) is 0. The van der Waals surface area contributed by atoms with Crippen molar-refractivity contribution in [1.29, 1.82) is 0 Å². The molecule has 1 fully saturated rings. The van der Waals surface area contributed by atoms with E-state index in [4.69, 9.17) is 9.47 Å². The van der Waals surface area contributed by atoms with E-state index in [-0.39, 0.29) is 11.1 Å². The quantitative estimate of drug-likeness (QED) is 0.556. The summed E-state index contributed by atoms with van der Waals surface area (Å²) < 4.78 is 10.9. The minimum Gasteiger partial charge on any atom is -0.493 e. The summed E-state index contributed by atoms with van der Waals surface area (Å²) in [5.74, 6) is 1.01. The third kappa shape index (κ3) is 5.49. The second-order valence-electron chi connectivity index (χ2n) is 6.21. The molecular weight excluding hydrogens is 364 g/mol. The molecule has 2 rings (SSSR count). The molecule has 1 saturated heterocycles. The number of benzene rings is 1. The molecule has 0 atom stereocenters. The summed E-state index contributed by atoms with van der Waals surface area (Å²) in [6, 6.07) is 5.46. The van der Waals surface area contributed by atoms with Gasteiger partial charge in [0.15, 0.2) is 11.5 Å². The molecule has 2 amide bonds. The van der Waals surface area contributed by atoms with Gasteiger partial charge in [-0.05, 0) is 68.4 Å². The molecule has 0 N–H and O–H groups in total. The van der Waals surface area contributed by atoms with E-state index >= 15 is 0 Å². The standard InChI is InChI=1S/C20H28N2O4S/c1-5-10-21(11-6-2)14-22-19(23)18(27-20(22)24)13-15-8-9-16(26-7-3)17(12-15)25-4/h8-9,12-13H,5-7,10-11,14H2,1-4H3/b18-13-. The molecule has 148 valence electrons. The summed E-state index contributed by atoms with van der Waals surface area (Å²) in [5.41, 5.74) is 0.791. The van der Waals surface area contributed by atoms with Crippen molar-refractivity contribution in [3.8, 4) is 11.5 Å². The van der Waals surface area contributed by atoms with E-state index in [1.165, 1.54) is 4.90 Å². The SMILES string of the molecule is CCCN(CCC)CN1C(=O)S/C(=C\c2ccc(OCC)c(OC)c2)C1=O. The summed E-state index contributed by atoms with van der Waals surface area (Å²) in [7, 11) is 1.57. The van der Waals surface area contributed by atoms with Crippen molar-refractivity contribution in [3.05, 3.63) is 28.7 Å². The van der Waals surface area contributed by atoms with Crippen LogP contribution < -0.4 is 9.47 Å². The number of hydrogen-bond acceptors (Lipinski definition) is 6. The lowest BCUT2D eigenvalue weighted by molar-refractivity contribution is -0.124. The zero-order chi connectivity index (χ0) is 19.8. The van der Waals surface area contributed by atoms with Crippen molar-refractivity contribution >= 4 is 29.0 Å². The summed E-state index contributed by atoms with van der Waals surface area (Å²) in [5, 5.41) is -0.221. The predicted octanol–water partition coefficient (Wildman–Crippen LogP) is 4.21. The third-order valence-electron chi connectivity index (χ3n) is 4.08. The first-order valence-corrected chi connectivity index (χ1v) is 10.1. The van der Waals surface area contributed by atoms with Crippen LogP contribution in [-0.4, -0.2) is 54.4 Å². The maximum Gasteiger partial charge on any atom is 0.294 e. The molecule has 0 unspecified atom stereocenters. The predicted molar refractivity (Wildman–Crippen MR) is 109 cm³/mol. The normalized spacial score (nSPS) is 15.9. The van der Waals surface area contributed by atoms with Gasteiger partial charge in [0.2, 0.25) is 0 Å². The van der Waals surface area contributed by atoms with Gasteiger partial charge in [-0.1, -0.05) is 19.9 Å². The second kappa shape index (κ2) is 10.4. The average Bonchev–Trinajstić information content (AvgIpc) is 2.91. The summed E-state index contributed by atoms with van der Waals surface area (Å²) in [6.45, 7) is 8.71. The molecule has 0 radical (unpaired) electrons. The molecule has 0 aromatic heterocycles. The van der Waals surface area contributed by atoms with E-state index in [0.29, 0.717) is 29.7 Å². The zero-order valence-electron chi connectivity index (χ0n) is 16.5. The van der Waals surface area contributed by atoms with Gasteiger partial charge in [0.05, 0.1) is 25.3 Å². The van der Waals surface area contributed by atoms with Gasteiger partial charge in [0.1, 0.15) is 0 Å². The molecule has 1 aliphatic rings. The lowest BCUT2D eigenvalue weighted by Gasteiger charge is -2.25. The molecule has 0 spiro atoms. The van der Waals surface area contributed by atoms with Gasteiger partial charge in [-0.2, -0.15) is 0 Å². The van der Waals surface area contributed by atoms with Crippen molar-refractivity contribution in [2.24, 2.45) is 0 Å². The highest BCUT2D eigenvalue weighted by Gasteiger charge is 2.35. The van der Waals surface area contributed by atoms with Crippen LogP contribution in [0.15, 0.2) is 23.1 Å². The summed E-state index contributed by atoms with van der Waals surface area (Å²) in [4.78, 5) is 29.0. The largest absolute Gasteiger partial charge is 0.493 e. The Morgan fingerprint density at radius 1 is 1.11 bits per heavy atom. The third-order valence-corrected chi connectivity index (χ3v) is 4.99. The molecule has 0 saturated carbocycles. The molecule has 0 bridgehead atoms. The van der Waals surface area contributed by atoms with Gasteiger partial charge in [-0.15, -0.1) is 0 Å². The van der Waals surface area contributed by atoms with E-state index < -0.39 is 0 Å². The molecule has 1 aliphatic heterocycles. The first kappa shape index (κ1) is 21.3. The average molecular weight is 393 g/mol. The van der Waals surface area contributed by atoms with Gasteiger partial charge in [0, 0.05) is 0 Å². The number of methoxy groups -OCH3 is 1. The Morgan fingerprint density at radius 2 is 1.81 bits per heavy atom. The van der Waals surface area contributed by atoms with Crippen molar-refractivity contribution in [1.82, 2.24) is 9.80 Å². The topological polar surface area (TPSA) is 59.1 Å². The number of ether oxygens (including phenoxy) is 2. The van der Waals surface area contributed by atoms with Crippen LogP contribution in [-0.2, 0) is 4.79 Å². The number of carbonyl (C=O) groups excluding carboxylic acids is 2. The first-order valence-electron chi connectivity index (χ1n) is 9.32. The smallest absolute Gasteiger partial charge is 0.294 e. The van der Waals surface area contributed by atoms with E-state index in [1.807, 2.05) is 19.1 Å². The van der Waals surface area contributed by atoms with Crippen molar-refractivity contribution in [2.45, 2.75) is 33.6 Å². The van der Waals surface area contributed by atoms with Crippen LogP contribution in [0.5, 0.6) is 11.5 Å². The molecule has 6 nitrogen and oxygen atoms in total. The molecule has 0 aliphatic carbocycles. The van der Waals surface area contributed by atoms with Gasteiger partial charge in [0.25, 0.3) is 11.1 Å². The Bertz CT molecular complexity index is 699. The van der Waals surface area contributed by atoms with Crippen molar-refractivity contribution < 1.29 is 19.1 Å². The Morgan fingerprint density at radius 3 is 2.41 bits per heavy atom. The van der Waals surface area contributed by atoms with Gasteiger partial charge in [-0.3, -0.25) is 19.4 Å². The number of nitrogens with zero attached hydrogens (tertiary/aromatic N) is 2. The highest BCUT2D eigenvalue weighted by molar-refractivity contribution is 8.18.